The van der Waals surface area contributed by atoms with Crippen molar-refractivity contribution in [3.8, 4) is 0 Å². The molecule has 2 nitrogen and oxygen atoms in total. The molecule has 0 aromatic carbocycles. The molecule has 0 aliphatic carbocycles. The quantitative estimate of drug-likeness (QED) is 0.783. The van der Waals surface area contributed by atoms with Crippen LogP contribution in [0.3, 0.4) is 0 Å². The number of hydrogen-bond acceptors (Lipinski definition) is 2. The molecule has 0 bridgehead atoms. The van der Waals surface area contributed by atoms with Gasteiger partial charge in [0.25, 0.3) is 0 Å². The van der Waals surface area contributed by atoms with Crippen LogP contribution < -0.4 is 5.32 Å². The predicted octanol–water partition coefficient (Wildman–Crippen LogP) is 3.70. The number of halogens is 1. The van der Waals surface area contributed by atoms with Crippen LogP contribution in [0.15, 0.2) is 18.3 Å². The van der Waals surface area contributed by atoms with E-state index >= 15 is 0 Å². The second kappa shape index (κ2) is 7.38. The van der Waals surface area contributed by atoms with E-state index in [1.165, 1.54) is 12.5 Å². The molecule has 1 rings (SSSR count). The molecule has 0 radical (unpaired) electrons. The number of pyridine rings is 1. The minimum atomic E-state index is -0.206. The van der Waals surface area contributed by atoms with Crippen LogP contribution in [0.4, 0.5) is 4.39 Å². The van der Waals surface area contributed by atoms with Crippen molar-refractivity contribution in [2.75, 3.05) is 6.54 Å². The summed E-state index contributed by atoms with van der Waals surface area (Å²) in [7, 11) is 0. The molecule has 0 spiro atoms. The largest absolute Gasteiger partial charge is 0.309 e. The summed E-state index contributed by atoms with van der Waals surface area (Å²) >= 11 is 0. The molecular formula is C14H23FN2. The zero-order valence-electron chi connectivity index (χ0n) is 11.0. The summed E-state index contributed by atoms with van der Waals surface area (Å²) in [6.45, 7) is 7.30. The van der Waals surface area contributed by atoms with Gasteiger partial charge >= 0.3 is 0 Å². The highest BCUT2D eigenvalue weighted by Gasteiger charge is 2.15. The third kappa shape index (κ3) is 4.82. The zero-order chi connectivity index (χ0) is 12.7. The number of rotatable bonds is 7. The standard InChI is InChI=1S/C14H23FN2/c1-4-16-13(9-5-7-11(2)3)14-12(15)8-6-10-17-14/h6,8,10-11,13,16H,4-5,7,9H2,1-3H3. The molecule has 3 heteroatoms. The van der Waals surface area contributed by atoms with Crippen LogP contribution in [-0.4, -0.2) is 11.5 Å². The molecule has 1 N–H and O–H groups in total. The van der Waals surface area contributed by atoms with Gasteiger partial charge in [-0.25, -0.2) is 4.39 Å². The molecule has 0 aliphatic heterocycles. The van der Waals surface area contributed by atoms with Crippen LogP contribution >= 0.6 is 0 Å². The summed E-state index contributed by atoms with van der Waals surface area (Å²) in [4.78, 5) is 4.16. The van der Waals surface area contributed by atoms with Crippen molar-refractivity contribution in [1.29, 1.82) is 0 Å². The maximum atomic E-state index is 13.6. The molecule has 0 aliphatic rings. The third-order valence-corrected chi connectivity index (χ3v) is 2.84. The molecule has 1 heterocycles. The summed E-state index contributed by atoms with van der Waals surface area (Å²) in [5.41, 5.74) is 0.554. The first-order valence-corrected chi connectivity index (χ1v) is 6.49. The van der Waals surface area contributed by atoms with Gasteiger partial charge in [-0.1, -0.05) is 33.6 Å². The average molecular weight is 238 g/mol. The van der Waals surface area contributed by atoms with Gasteiger partial charge in [-0.15, -0.1) is 0 Å². The van der Waals surface area contributed by atoms with E-state index in [-0.39, 0.29) is 11.9 Å². The van der Waals surface area contributed by atoms with E-state index in [4.69, 9.17) is 0 Å². The Labute approximate surface area is 104 Å². The predicted molar refractivity (Wildman–Crippen MR) is 69.3 cm³/mol. The van der Waals surface area contributed by atoms with E-state index in [0.29, 0.717) is 11.6 Å². The molecule has 1 atom stereocenters. The lowest BCUT2D eigenvalue weighted by atomic mass is 10.0. The second-order valence-corrected chi connectivity index (χ2v) is 4.81. The van der Waals surface area contributed by atoms with Gasteiger partial charge in [0.2, 0.25) is 0 Å². The van der Waals surface area contributed by atoms with Crippen LogP contribution in [-0.2, 0) is 0 Å². The Kier molecular flexibility index (Phi) is 6.12. The van der Waals surface area contributed by atoms with E-state index < -0.39 is 0 Å². The highest BCUT2D eigenvalue weighted by atomic mass is 19.1. The average Bonchev–Trinajstić information content (AvgIpc) is 2.28. The lowest BCUT2D eigenvalue weighted by Crippen LogP contribution is -2.23. The maximum absolute atomic E-state index is 13.6. The number of hydrogen-bond donors (Lipinski definition) is 1. The van der Waals surface area contributed by atoms with E-state index in [9.17, 15) is 4.39 Å². The molecule has 1 unspecified atom stereocenters. The van der Waals surface area contributed by atoms with Crippen LogP contribution in [0.25, 0.3) is 0 Å². The van der Waals surface area contributed by atoms with E-state index in [1.54, 1.807) is 12.3 Å². The van der Waals surface area contributed by atoms with Crippen LogP contribution in [0.5, 0.6) is 0 Å². The van der Waals surface area contributed by atoms with Gasteiger partial charge in [-0.2, -0.15) is 0 Å². The lowest BCUT2D eigenvalue weighted by Gasteiger charge is -2.18. The maximum Gasteiger partial charge on any atom is 0.146 e. The molecule has 96 valence electrons. The molecular weight excluding hydrogens is 215 g/mol. The molecule has 0 saturated heterocycles. The summed E-state index contributed by atoms with van der Waals surface area (Å²) in [5, 5.41) is 3.31. The van der Waals surface area contributed by atoms with Crippen molar-refractivity contribution < 1.29 is 4.39 Å². The molecule has 1 aromatic rings. The summed E-state index contributed by atoms with van der Waals surface area (Å²) in [6, 6.07) is 3.16. The highest BCUT2D eigenvalue weighted by Crippen LogP contribution is 2.21. The highest BCUT2D eigenvalue weighted by molar-refractivity contribution is 5.11. The summed E-state index contributed by atoms with van der Waals surface area (Å²) in [6.07, 6.45) is 4.88. The smallest absolute Gasteiger partial charge is 0.146 e. The Balaban J connectivity index is 2.62. The zero-order valence-corrected chi connectivity index (χ0v) is 11.0. The fourth-order valence-corrected chi connectivity index (χ4v) is 1.97. The van der Waals surface area contributed by atoms with Gasteiger partial charge in [0.15, 0.2) is 0 Å². The fraction of sp³-hybridized carbons (Fsp3) is 0.643. The summed E-state index contributed by atoms with van der Waals surface area (Å²) < 4.78 is 13.6. The van der Waals surface area contributed by atoms with Crippen molar-refractivity contribution in [3.05, 3.63) is 29.8 Å². The molecule has 1 aromatic heterocycles. The lowest BCUT2D eigenvalue weighted by molar-refractivity contribution is 0.432. The molecule has 0 amide bonds. The number of nitrogens with zero attached hydrogens (tertiary/aromatic N) is 1. The first kappa shape index (κ1) is 14.1. The van der Waals surface area contributed by atoms with Gasteiger partial charge in [0.05, 0.1) is 11.7 Å². The number of aromatic nitrogens is 1. The van der Waals surface area contributed by atoms with E-state index in [2.05, 4.69) is 24.1 Å². The van der Waals surface area contributed by atoms with Crippen molar-refractivity contribution in [2.45, 2.75) is 46.1 Å². The monoisotopic (exact) mass is 238 g/mol. The minimum Gasteiger partial charge on any atom is -0.309 e. The van der Waals surface area contributed by atoms with Crippen molar-refractivity contribution in [2.24, 2.45) is 5.92 Å². The fourth-order valence-electron chi connectivity index (χ4n) is 1.97. The normalized spacial score (nSPS) is 13.0. The van der Waals surface area contributed by atoms with Crippen LogP contribution in [0.2, 0.25) is 0 Å². The Morgan fingerprint density at radius 1 is 1.35 bits per heavy atom. The van der Waals surface area contributed by atoms with Crippen molar-refractivity contribution >= 4 is 0 Å². The second-order valence-electron chi connectivity index (χ2n) is 4.81. The summed E-state index contributed by atoms with van der Waals surface area (Å²) in [5.74, 6) is 0.494. The Morgan fingerprint density at radius 2 is 2.12 bits per heavy atom. The first-order chi connectivity index (χ1) is 8.15. The number of nitrogens with one attached hydrogen (secondary N) is 1. The van der Waals surface area contributed by atoms with Crippen LogP contribution in [0.1, 0.15) is 51.8 Å². The molecule has 0 fully saturated rings. The first-order valence-electron chi connectivity index (χ1n) is 6.49. The SMILES string of the molecule is CCNC(CCCC(C)C)c1ncccc1F. The van der Waals surface area contributed by atoms with Crippen molar-refractivity contribution in [1.82, 2.24) is 10.3 Å². The van der Waals surface area contributed by atoms with E-state index in [0.717, 1.165) is 19.4 Å². The molecule has 17 heavy (non-hydrogen) atoms. The Morgan fingerprint density at radius 3 is 2.71 bits per heavy atom. The Hall–Kier alpha value is -0.960. The van der Waals surface area contributed by atoms with E-state index in [1.807, 2.05) is 6.92 Å². The van der Waals surface area contributed by atoms with Crippen molar-refractivity contribution in [3.63, 3.8) is 0 Å². The Bertz CT molecular complexity index is 326. The van der Waals surface area contributed by atoms with Crippen LogP contribution in [0, 0.1) is 11.7 Å². The van der Waals surface area contributed by atoms with Gasteiger partial charge in [0, 0.05) is 6.20 Å². The molecule has 0 saturated carbocycles. The van der Waals surface area contributed by atoms with Gasteiger partial charge in [-0.3, -0.25) is 4.98 Å². The topological polar surface area (TPSA) is 24.9 Å². The van der Waals surface area contributed by atoms with Gasteiger partial charge in [0.1, 0.15) is 5.82 Å². The minimum absolute atomic E-state index is 0.0416. The third-order valence-electron chi connectivity index (χ3n) is 2.84. The van der Waals surface area contributed by atoms with Gasteiger partial charge in [-0.05, 0) is 31.0 Å². The van der Waals surface area contributed by atoms with Gasteiger partial charge < -0.3 is 5.32 Å².